The standard InChI is InChI=1S/C22H20F2N2O4S/c1-14(15-7-12-21(30-2)19(24)13-15)25-22(27)18-5-3-4-6-20(18)26-31(28,29)17-10-8-16(23)9-11-17/h3-14,26H,1-2H3,(H,25,27). The largest absolute Gasteiger partial charge is 0.494 e. The fourth-order valence-corrected chi connectivity index (χ4v) is 3.98. The van der Waals surface area contributed by atoms with Gasteiger partial charge in [0.2, 0.25) is 0 Å². The van der Waals surface area contributed by atoms with Gasteiger partial charge in [-0.25, -0.2) is 17.2 Å². The van der Waals surface area contributed by atoms with Gasteiger partial charge < -0.3 is 10.1 Å². The van der Waals surface area contributed by atoms with Crippen molar-refractivity contribution in [3.05, 3.63) is 89.5 Å². The Morgan fingerprint density at radius 2 is 1.68 bits per heavy atom. The Bertz CT molecular complexity index is 1200. The third kappa shape index (κ3) is 5.18. The van der Waals surface area contributed by atoms with Gasteiger partial charge in [0.15, 0.2) is 11.6 Å². The Balaban J connectivity index is 1.81. The maximum absolute atomic E-state index is 14.0. The van der Waals surface area contributed by atoms with E-state index in [-0.39, 0.29) is 21.9 Å². The van der Waals surface area contributed by atoms with Crippen LogP contribution in [0, 0.1) is 11.6 Å². The van der Waals surface area contributed by atoms with E-state index in [0.29, 0.717) is 5.56 Å². The van der Waals surface area contributed by atoms with Crippen molar-refractivity contribution < 1.29 is 26.7 Å². The molecule has 31 heavy (non-hydrogen) atoms. The van der Waals surface area contributed by atoms with Gasteiger partial charge in [-0.3, -0.25) is 9.52 Å². The van der Waals surface area contributed by atoms with E-state index in [1.54, 1.807) is 25.1 Å². The number of ether oxygens (including phenoxy) is 1. The average molecular weight is 446 g/mol. The number of amides is 1. The Labute approximate surface area is 178 Å². The maximum Gasteiger partial charge on any atom is 0.261 e. The SMILES string of the molecule is COc1ccc(C(C)NC(=O)c2ccccc2NS(=O)(=O)c2ccc(F)cc2)cc1F. The highest BCUT2D eigenvalue weighted by molar-refractivity contribution is 7.92. The number of methoxy groups -OCH3 is 1. The van der Waals surface area contributed by atoms with E-state index in [1.165, 1.54) is 31.4 Å². The van der Waals surface area contributed by atoms with Crippen molar-refractivity contribution in [3.63, 3.8) is 0 Å². The van der Waals surface area contributed by atoms with E-state index in [1.807, 2.05) is 0 Å². The number of carbonyl (C=O) groups excluding carboxylic acids is 1. The number of carbonyl (C=O) groups is 1. The summed E-state index contributed by atoms with van der Waals surface area (Å²) in [5.41, 5.74) is 0.641. The van der Waals surface area contributed by atoms with Crippen molar-refractivity contribution in [3.8, 4) is 5.75 Å². The zero-order valence-corrected chi connectivity index (χ0v) is 17.5. The van der Waals surface area contributed by atoms with Gasteiger partial charge in [-0.15, -0.1) is 0 Å². The van der Waals surface area contributed by atoms with Crippen LogP contribution >= 0.6 is 0 Å². The number of benzene rings is 3. The van der Waals surface area contributed by atoms with Crippen LogP contribution < -0.4 is 14.8 Å². The predicted octanol–water partition coefficient (Wildman–Crippen LogP) is 4.27. The molecule has 0 aromatic heterocycles. The first-order chi connectivity index (χ1) is 14.7. The Morgan fingerprint density at radius 3 is 2.32 bits per heavy atom. The van der Waals surface area contributed by atoms with Gasteiger partial charge in [0.25, 0.3) is 15.9 Å². The van der Waals surface area contributed by atoms with Gasteiger partial charge in [0, 0.05) is 0 Å². The summed E-state index contributed by atoms with van der Waals surface area (Å²) in [6.45, 7) is 1.67. The topological polar surface area (TPSA) is 84.5 Å². The third-order valence-corrected chi connectivity index (χ3v) is 5.94. The molecule has 0 fully saturated rings. The van der Waals surface area contributed by atoms with Crippen molar-refractivity contribution in [2.75, 3.05) is 11.8 Å². The molecule has 3 aromatic carbocycles. The highest BCUT2D eigenvalue weighted by Crippen LogP contribution is 2.24. The van der Waals surface area contributed by atoms with E-state index in [0.717, 1.165) is 24.3 Å². The van der Waals surface area contributed by atoms with Crippen LogP contribution in [0.4, 0.5) is 14.5 Å². The Morgan fingerprint density at radius 1 is 1.00 bits per heavy atom. The van der Waals surface area contributed by atoms with Gasteiger partial charge >= 0.3 is 0 Å². The summed E-state index contributed by atoms with van der Waals surface area (Å²) >= 11 is 0. The molecule has 0 saturated heterocycles. The average Bonchev–Trinajstić information content (AvgIpc) is 2.74. The summed E-state index contributed by atoms with van der Waals surface area (Å²) in [7, 11) is -2.69. The lowest BCUT2D eigenvalue weighted by molar-refractivity contribution is 0.0940. The number of hydrogen-bond acceptors (Lipinski definition) is 4. The minimum Gasteiger partial charge on any atom is -0.494 e. The lowest BCUT2D eigenvalue weighted by atomic mass is 10.1. The molecular formula is C22H20F2N2O4S. The Hall–Kier alpha value is -3.46. The van der Waals surface area contributed by atoms with E-state index < -0.39 is 33.6 Å². The quantitative estimate of drug-likeness (QED) is 0.568. The van der Waals surface area contributed by atoms with Gasteiger partial charge in [0.05, 0.1) is 29.3 Å². The normalized spacial score (nSPS) is 12.1. The molecule has 0 bridgehead atoms. The first kappa shape index (κ1) is 22.2. The van der Waals surface area contributed by atoms with E-state index in [9.17, 15) is 22.0 Å². The number of hydrogen-bond donors (Lipinski definition) is 2. The van der Waals surface area contributed by atoms with Crippen LogP contribution in [0.15, 0.2) is 71.6 Å². The zero-order valence-electron chi connectivity index (χ0n) is 16.7. The van der Waals surface area contributed by atoms with E-state index in [2.05, 4.69) is 10.0 Å². The molecule has 0 aliphatic carbocycles. The van der Waals surface area contributed by atoms with Crippen molar-refractivity contribution in [1.29, 1.82) is 0 Å². The minimum absolute atomic E-state index is 0.0532. The minimum atomic E-state index is -4.04. The number of para-hydroxylation sites is 1. The number of sulfonamides is 1. The maximum atomic E-state index is 14.0. The summed E-state index contributed by atoms with van der Waals surface area (Å²) in [4.78, 5) is 12.7. The predicted molar refractivity (Wildman–Crippen MR) is 112 cm³/mol. The molecule has 1 unspecified atom stereocenters. The van der Waals surface area contributed by atoms with Crippen LogP contribution in [0.5, 0.6) is 5.75 Å². The second-order valence-corrected chi connectivity index (χ2v) is 8.38. The molecule has 0 heterocycles. The first-order valence-electron chi connectivity index (χ1n) is 9.23. The number of halogens is 2. The summed E-state index contributed by atoms with van der Waals surface area (Å²) in [6, 6.07) is 14.1. The molecule has 2 N–H and O–H groups in total. The molecule has 1 amide bonds. The molecular weight excluding hydrogens is 426 g/mol. The molecule has 0 spiro atoms. The molecule has 1 atom stereocenters. The number of anilines is 1. The van der Waals surface area contributed by atoms with Crippen LogP contribution in [0.3, 0.4) is 0 Å². The van der Waals surface area contributed by atoms with Crippen molar-refractivity contribution in [1.82, 2.24) is 5.32 Å². The van der Waals surface area contributed by atoms with Crippen LogP contribution in [0.2, 0.25) is 0 Å². The summed E-state index contributed by atoms with van der Waals surface area (Å²) in [5.74, 6) is -1.60. The second-order valence-electron chi connectivity index (χ2n) is 6.69. The van der Waals surface area contributed by atoms with Crippen LogP contribution in [-0.2, 0) is 10.0 Å². The molecule has 162 valence electrons. The number of nitrogens with one attached hydrogen (secondary N) is 2. The van der Waals surface area contributed by atoms with Crippen LogP contribution in [0.25, 0.3) is 0 Å². The van der Waals surface area contributed by atoms with E-state index in [4.69, 9.17) is 4.74 Å². The molecule has 0 aliphatic rings. The van der Waals surface area contributed by atoms with Gasteiger partial charge in [0.1, 0.15) is 5.82 Å². The molecule has 0 aliphatic heterocycles. The van der Waals surface area contributed by atoms with Crippen LogP contribution in [-0.4, -0.2) is 21.4 Å². The van der Waals surface area contributed by atoms with Gasteiger partial charge in [-0.05, 0) is 61.0 Å². The lowest BCUT2D eigenvalue weighted by Gasteiger charge is -2.17. The first-order valence-corrected chi connectivity index (χ1v) is 10.7. The second kappa shape index (κ2) is 9.13. The van der Waals surface area contributed by atoms with Crippen LogP contribution in [0.1, 0.15) is 28.9 Å². The molecule has 3 rings (SSSR count). The smallest absolute Gasteiger partial charge is 0.261 e. The fourth-order valence-electron chi connectivity index (χ4n) is 2.90. The summed E-state index contributed by atoms with van der Waals surface area (Å²) < 4.78 is 59.5. The summed E-state index contributed by atoms with van der Waals surface area (Å²) in [5, 5.41) is 2.72. The molecule has 6 nitrogen and oxygen atoms in total. The monoisotopic (exact) mass is 446 g/mol. The molecule has 0 saturated carbocycles. The Kier molecular flexibility index (Phi) is 6.55. The molecule has 0 radical (unpaired) electrons. The lowest BCUT2D eigenvalue weighted by Crippen LogP contribution is -2.28. The highest BCUT2D eigenvalue weighted by atomic mass is 32.2. The summed E-state index contributed by atoms with van der Waals surface area (Å²) in [6.07, 6.45) is 0. The van der Waals surface area contributed by atoms with Crippen molar-refractivity contribution in [2.24, 2.45) is 0 Å². The van der Waals surface area contributed by atoms with Crippen molar-refractivity contribution >= 4 is 21.6 Å². The highest BCUT2D eigenvalue weighted by Gasteiger charge is 2.20. The van der Waals surface area contributed by atoms with E-state index >= 15 is 0 Å². The zero-order chi connectivity index (χ0) is 22.6. The van der Waals surface area contributed by atoms with Gasteiger partial charge in [-0.1, -0.05) is 18.2 Å². The van der Waals surface area contributed by atoms with Crippen molar-refractivity contribution in [2.45, 2.75) is 17.9 Å². The fraction of sp³-hybridized carbons (Fsp3) is 0.136. The third-order valence-electron chi connectivity index (χ3n) is 4.56. The number of rotatable bonds is 7. The molecule has 9 heteroatoms. The van der Waals surface area contributed by atoms with Gasteiger partial charge in [-0.2, -0.15) is 0 Å². The molecule has 3 aromatic rings.